The van der Waals surface area contributed by atoms with Gasteiger partial charge in [-0.25, -0.2) is 8.78 Å². The van der Waals surface area contributed by atoms with Gasteiger partial charge in [0.05, 0.1) is 10.0 Å². The number of hydrogen-bond donors (Lipinski definition) is 0. The van der Waals surface area contributed by atoms with Gasteiger partial charge in [0, 0.05) is 11.1 Å². The Hall–Kier alpha value is -1.73. The molecule has 0 aliphatic carbocycles. The van der Waals surface area contributed by atoms with Gasteiger partial charge < -0.3 is 0 Å². The molecule has 2 aromatic rings. The van der Waals surface area contributed by atoms with Crippen molar-refractivity contribution in [1.82, 2.24) is 0 Å². The molecule has 0 unspecified atom stereocenters. The van der Waals surface area contributed by atoms with Crippen LogP contribution in [0, 0.1) is 23.0 Å². The Labute approximate surface area is 105 Å². The molecule has 1 nitrogen and oxygen atoms in total. The fraction of sp³-hybridized carbons (Fsp3) is 0. The van der Waals surface area contributed by atoms with Gasteiger partial charge in [0.15, 0.2) is 5.82 Å². The summed E-state index contributed by atoms with van der Waals surface area (Å²) in [5, 5.41) is 8.94. The molecular formula is C13H6BrF2N. The highest BCUT2D eigenvalue weighted by Crippen LogP contribution is 2.30. The van der Waals surface area contributed by atoms with Crippen LogP contribution in [0.2, 0.25) is 0 Å². The molecule has 0 saturated heterocycles. The van der Waals surface area contributed by atoms with Crippen LogP contribution in [0.1, 0.15) is 5.56 Å². The summed E-state index contributed by atoms with van der Waals surface area (Å²) < 4.78 is 27.5. The average molecular weight is 294 g/mol. The van der Waals surface area contributed by atoms with Crippen molar-refractivity contribution in [2.75, 3.05) is 0 Å². The molecule has 0 aromatic heterocycles. The molecule has 0 bridgehead atoms. The van der Waals surface area contributed by atoms with E-state index in [1.54, 1.807) is 18.2 Å². The topological polar surface area (TPSA) is 23.8 Å². The highest BCUT2D eigenvalue weighted by molar-refractivity contribution is 9.10. The van der Waals surface area contributed by atoms with Crippen LogP contribution in [0.4, 0.5) is 8.78 Å². The van der Waals surface area contributed by atoms with E-state index in [4.69, 9.17) is 5.26 Å². The Kier molecular flexibility index (Phi) is 3.21. The van der Waals surface area contributed by atoms with E-state index < -0.39 is 11.6 Å². The van der Waals surface area contributed by atoms with Gasteiger partial charge in [0.1, 0.15) is 11.9 Å². The molecule has 17 heavy (non-hydrogen) atoms. The normalized spacial score (nSPS) is 10.0. The lowest BCUT2D eigenvalue weighted by atomic mass is 9.99. The molecule has 0 heterocycles. The molecule has 0 radical (unpaired) electrons. The Morgan fingerprint density at radius 2 is 1.71 bits per heavy atom. The van der Waals surface area contributed by atoms with Crippen molar-refractivity contribution in [3.8, 4) is 17.2 Å². The molecule has 0 aliphatic rings. The van der Waals surface area contributed by atoms with Gasteiger partial charge in [-0.3, -0.25) is 0 Å². The van der Waals surface area contributed by atoms with Gasteiger partial charge in [-0.15, -0.1) is 0 Å². The minimum absolute atomic E-state index is 0.163. The molecule has 84 valence electrons. The lowest BCUT2D eigenvalue weighted by Crippen LogP contribution is -1.93. The Balaban J connectivity index is 2.74. The zero-order valence-electron chi connectivity index (χ0n) is 8.55. The minimum atomic E-state index is -0.673. The Morgan fingerprint density at radius 1 is 1.00 bits per heavy atom. The summed E-state index contributed by atoms with van der Waals surface area (Å²) in [7, 11) is 0. The molecule has 2 aromatic carbocycles. The first-order valence-corrected chi connectivity index (χ1v) is 5.57. The summed E-state index contributed by atoms with van der Waals surface area (Å²) >= 11 is 2.99. The fourth-order valence-electron chi connectivity index (χ4n) is 1.56. The van der Waals surface area contributed by atoms with Crippen LogP contribution in [0.15, 0.2) is 40.9 Å². The number of halogens is 3. The van der Waals surface area contributed by atoms with E-state index in [0.29, 0.717) is 0 Å². The van der Waals surface area contributed by atoms with Crippen LogP contribution in [0.25, 0.3) is 11.1 Å². The van der Waals surface area contributed by atoms with E-state index in [9.17, 15) is 8.78 Å². The quantitative estimate of drug-likeness (QED) is 0.770. The van der Waals surface area contributed by atoms with Crippen molar-refractivity contribution in [1.29, 1.82) is 5.26 Å². The highest BCUT2D eigenvalue weighted by atomic mass is 79.9. The number of hydrogen-bond acceptors (Lipinski definition) is 1. The first kappa shape index (κ1) is 11.7. The lowest BCUT2D eigenvalue weighted by Gasteiger charge is -2.07. The van der Waals surface area contributed by atoms with Crippen LogP contribution in [-0.4, -0.2) is 0 Å². The van der Waals surface area contributed by atoms with Crippen molar-refractivity contribution in [2.24, 2.45) is 0 Å². The van der Waals surface area contributed by atoms with Gasteiger partial charge in [0.25, 0.3) is 0 Å². The Bertz CT molecular complexity index is 617. The van der Waals surface area contributed by atoms with E-state index in [1.165, 1.54) is 24.3 Å². The van der Waals surface area contributed by atoms with Gasteiger partial charge in [0.2, 0.25) is 0 Å². The third-order valence-corrected chi connectivity index (χ3v) is 2.98. The summed E-state index contributed by atoms with van der Waals surface area (Å²) in [6.45, 7) is 0. The first-order chi connectivity index (χ1) is 8.15. The number of nitrogens with zero attached hydrogens (tertiary/aromatic N) is 1. The lowest BCUT2D eigenvalue weighted by molar-refractivity contribution is 0.616. The third kappa shape index (κ3) is 2.06. The first-order valence-electron chi connectivity index (χ1n) is 4.78. The summed E-state index contributed by atoms with van der Waals surface area (Å²) in [5.41, 5.74) is 0.311. The molecule has 0 amide bonds. The van der Waals surface area contributed by atoms with Crippen LogP contribution < -0.4 is 0 Å². The van der Waals surface area contributed by atoms with Gasteiger partial charge in [-0.05, 0) is 28.1 Å². The van der Waals surface area contributed by atoms with E-state index in [1.807, 2.05) is 0 Å². The summed E-state index contributed by atoms with van der Waals surface area (Å²) in [6, 6.07) is 10.7. The van der Waals surface area contributed by atoms with Crippen LogP contribution in [0.5, 0.6) is 0 Å². The Morgan fingerprint density at radius 3 is 2.35 bits per heavy atom. The fourth-order valence-corrected chi connectivity index (χ4v) is 1.89. The van der Waals surface area contributed by atoms with Crippen LogP contribution in [-0.2, 0) is 0 Å². The summed E-state index contributed by atoms with van der Waals surface area (Å²) in [4.78, 5) is 0. The molecule has 0 spiro atoms. The largest absolute Gasteiger partial charge is 0.206 e. The standard InChI is InChI=1S/C13H6BrF2N/c14-11-6-5-8(10(7-17)13(11)16)9-3-1-2-4-12(9)15/h1-6H. The van der Waals surface area contributed by atoms with Crippen molar-refractivity contribution in [3.63, 3.8) is 0 Å². The number of rotatable bonds is 1. The highest BCUT2D eigenvalue weighted by Gasteiger charge is 2.15. The average Bonchev–Trinajstić information content (AvgIpc) is 2.33. The molecule has 4 heteroatoms. The predicted molar refractivity (Wildman–Crippen MR) is 64.2 cm³/mol. The molecule has 2 rings (SSSR count). The minimum Gasteiger partial charge on any atom is -0.206 e. The monoisotopic (exact) mass is 293 g/mol. The van der Waals surface area contributed by atoms with Crippen LogP contribution in [0.3, 0.4) is 0 Å². The van der Waals surface area contributed by atoms with Gasteiger partial charge in [-0.2, -0.15) is 5.26 Å². The second-order valence-electron chi connectivity index (χ2n) is 3.38. The van der Waals surface area contributed by atoms with Crippen molar-refractivity contribution in [2.45, 2.75) is 0 Å². The van der Waals surface area contributed by atoms with E-state index in [-0.39, 0.29) is 21.2 Å². The maximum Gasteiger partial charge on any atom is 0.155 e. The van der Waals surface area contributed by atoms with Crippen molar-refractivity contribution >= 4 is 15.9 Å². The predicted octanol–water partition coefficient (Wildman–Crippen LogP) is 4.27. The van der Waals surface area contributed by atoms with Crippen molar-refractivity contribution in [3.05, 3.63) is 58.1 Å². The van der Waals surface area contributed by atoms with Crippen LogP contribution >= 0.6 is 15.9 Å². The molecule has 0 N–H and O–H groups in total. The van der Waals surface area contributed by atoms with Crippen molar-refractivity contribution < 1.29 is 8.78 Å². The SMILES string of the molecule is N#Cc1c(-c2ccccc2F)ccc(Br)c1F. The zero-order chi connectivity index (χ0) is 12.4. The second kappa shape index (κ2) is 4.64. The second-order valence-corrected chi connectivity index (χ2v) is 4.23. The number of benzene rings is 2. The molecular weight excluding hydrogens is 288 g/mol. The van der Waals surface area contributed by atoms with E-state index in [0.717, 1.165) is 0 Å². The smallest absolute Gasteiger partial charge is 0.155 e. The third-order valence-electron chi connectivity index (χ3n) is 2.37. The molecule has 0 saturated carbocycles. The summed E-state index contributed by atoms with van der Waals surface area (Å²) in [5.74, 6) is -1.15. The zero-order valence-corrected chi connectivity index (χ0v) is 10.1. The van der Waals surface area contributed by atoms with E-state index in [2.05, 4.69) is 15.9 Å². The number of nitriles is 1. The molecule has 0 fully saturated rings. The summed E-state index contributed by atoms with van der Waals surface area (Å²) in [6.07, 6.45) is 0. The van der Waals surface area contributed by atoms with E-state index >= 15 is 0 Å². The molecule has 0 aliphatic heterocycles. The maximum absolute atomic E-state index is 13.7. The molecule has 0 atom stereocenters. The van der Waals surface area contributed by atoms with Gasteiger partial charge >= 0.3 is 0 Å². The maximum atomic E-state index is 13.7. The van der Waals surface area contributed by atoms with Gasteiger partial charge in [-0.1, -0.05) is 24.3 Å².